The summed E-state index contributed by atoms with van der Waals surface area (Å²) in [6, 6.07) is 3.45. The van der Waals surface area contributed by atoms with E-state index in [9.17, 15) is 13.2 Å². The van der Waals surface area contributed by atoms with E-state index in [1.165, 1.54) is 12.1 Å². The van der Waals surface area contributed by atoms with Gasteiger partial charge in [0.15, 0.2) is 0 Å². The van der Waals surface area contributed by atoms with Crippen LogP contribution in [0.15, 0.2) is 22.7 Å². The number of hydrogen-bond donors (Lipinski definition) is 1. The van der Waals surface area contributed by atoms with Crippen molar-refractivity contribution in [3.63, 3.8) is 0 Å². The van der Waals surface area contributed by atoms with Crippen LogP contribution in [-0.2, 0) is 10.9 Å². The summed E-state index contributed by atoms with van der Waals surface area (Å²) in [5, 5.41) is 3.24. The first-order valence-corrected chi connectivity index (χ1v) is 7.87. The SMILES string of the molecule is CCCNC(COCCC)c1cc(C(F)(F)F)ccc1Br. The van der Waals surface area contributed by atoms with Gasteiger partial charge in [0.05, 0.1) is 18.2 Å². The molecule has 0 aliphatic heterocycles. The highest BCUT2D eigenvalue weighted by molar-refractivity contribution is 9.10. The topological polar surface area (TPSA) is 21.3 Å². The molecule has 2 nitrogen and oxygen atoms in total. The van der Waals surface area contributed by atoms with Crippen LogP contribution in [0.3, 0.4) is 0 Å². The highest BCUT2D eigenvalue weighted by atomic mass is 79.9. The molecule has 0 saturated carbocycles. The van der Waals surface area contributed by atoms with Gasteiger partial charge in [-0.1, -0.05) is 29.8 Å². The first kappa shape index (κ1) is 18.5. The van der Waals surface area contributed by atoms with Gasteiger partial charge in [-0.15, -0.1) is 0 Å². The van der Waals surface area contributed by atoms with Crippen molar-refractivity contribution in [1.29, 1.82) is 0 Å². The average Bonchev–Trinajstić information content (AvgIpc) is 2.42. The molecule has 1 unspecified atom stereocenters. The van der Waals surface area contributed by atoms with Crippen LogP contribution in [-0.4, -0.2) is 19.8 Å². The lowest BCUT2D eigenvalue weighted by molar-refractivity contribution is -0.137. The van der Waals surface area contributed by atoms with Crippen molar-refractivity contribution in [3.8, 4) is 0 Å². The molecule has 1 aromatic rings. The lowest BCUT2D eigenvalue weighted by Crippen LogP contribution is -2.27. The molecule has 0 amide bonds. The molecule has 6 heteroatoms. The van der Waals surface area contributed by atoms with Crippen LogP contribution >= 0.6 is 15.9 Å². The molecule has 0 aliphatic rings. The zero-order chi connectivity index (χ0) is 15.9. The summed E-state index contributed by atoms with van der Waals surface area (Å²) in [5.74, 6) is 0. The zero-order valence-electron chi connectivity index (χ0n) is 12.3. The van der Waals surface area contributed by atoms with Gasteiger partial charge < -0.3 is 10.1 Å². The Morgan fingerprint density at radius 1 is 1.24 bits per heavy atom. The second kappa shape index (κ2) is 8.76. The predicted octanol–water partition coefficient (Wildman–Crippen LogP) is 4.94. The Morgan fingerprint density at radius 2 is 1.95 bits per heavy atom. The lowest BCUT2D eigenvalue weighted by Gasteiger charge is -2.21. The lowest BCUT2D eigenvalue weighted by atomic mass is 10.0. The van der Waals surface area contributed by atoms with Gasteiger partial charge in [0, 0.05) is 11.1 Å². The number of hydrogen-bond acceptors (Lipinski definition) is 2. The number of benzene rings is 1. The fourth-order valence-electron chi connectivity index (χ4n) is 1.91. The number of rotatable bonds is 8. The summed E-state index contributed by atoms with van der Waals surface area (Å²) in [6.07, 6.45) is -2.56. The van der Waals surface area contributed by atoms with Gasteiger partial charge in [0.2, 0.25) is 0 Å². The monoisotopic (exact) mass is 367 g/mol. The Bertz CT molecular complexity index is 437. The average molecular weight is 368 g/mol. The minimum absolute atomic E-state index is 0.256. The van der Waals surface area contributed by atoms with E-state index in [2.05, 4.69) is 21.2 Å². The van der Waals surface area contributed by atoms with E-state index in [4.69, 9.17) is 4.74 Å². The highest BCUT2D eigenvalue weighted by Crippen LogP contribution is 2.34. The molecule has 0 saturated heterocycles. The molecular weight excluding hydrogens is 347 g/mol. The molecule has 0 bridgehead atoms. The number of nitrogens with one attached hydrogen (secondary N) is 1. The first-order valence-electron chi connectivity index (χ1n) is 7.07. The third-order valence-electron chi connectivity index (χ3n) is 2.97. The zero-order valence-corrected chi connectivity index (χ0v) is 13.9. The van der Waals surface area contributed by atoms with Crippen molar-refractivity contribution in [1.82, 2.24) is 5.32 Å². The molecule has 0 aromatic heterocycles. The van der Waals surface area contributed by atoms with Crippen molar-refractivity contribution in [3.05, 3.63) is 33.8 Å². The summed E-state index contributed by atoms with van der Waals surface area (Å²) >= 11 is 3.34. The third-order valence-corrected chi connectivity index (χ3v) is 3.69. The molecule has 0 radical (unpaired) electrons. The van der Waals surface area contributed by atoms with E-state index < -0.39 is 11.7 Å². The van der Waals surface area contributed by atoms with Crippen molar-refractivity contribution in [2.24, 2.45) is 0 Å². The maximum atomic E-state index is 12.9. The van der Waals surface area contributed by atoms with Crippen LogP contribution in [0.2, 0.25) is 0 Å². The Balaban J connectivity index is 2.98. The molecule has 1 atom stereocenters. The third kappa shape index (κ3) is 5.96. The maximum absolute atomic E-state index is 12.9. The smallest absolute Gasteiger partial charge is 0.379 e. The molecular formula is C15H21BrF3NO. The van der Waals surface area contributed by atoms with Gasteiger partial charge in [-0.25, -0.2) is 0 Å². The van der Waals surface area contributed by atoms with Crippen LogP contribution in [0.4, 0.5) is 13.2 Å². The van der Waals surface area contributed by atoms with Gasteiger partial charge in [0.1, 0.15) is 0 Å². The molecule has 1 N–H and O–H groups in total. The van der Waals surface area contributed by atoms with Gasteiger partial charge in [-0.05, 0) is 43.1 Å². The summed E-state index contributed by atoms with van der Waals surface area (Å²) in [5.41, 5.74) is -0.0612. The molecule has 0 aliphatic carbocycles. The molecule has 0 spiro atoms. The summed E-state index contributed by atoms with van der Waals surface area (Å²) in [7, 11) is 0. The normalized spacial score (nSPS) is 13.4. The van der Waals surface area contributed by atoms with E-state index in [-0.39, 0.29) is 6.04 Å². The largest absolute Gasteiger partial charge is 0.416 e. The Hall–Kier alpha value is -0.590. The standard InChI is InChI=1S/C15H21BrF3NO/c1-3-7-20-14(10-21-8-4-2)12-9-11(15(17,18)19)5-6-13(12)16/h5-6,9,14,20H,3-4,7-8,10H2,1-2H3. The Labute approximate surface area is 132 Å². The van der Waals surface area contributed by atoms with E-state index in [0.29, 0.717) is 23.2 Å². The van der Waals surface area contributed by atoms with E-state index >= 15 is 0 Å². The fraction of sp³-hybridized carbons (Fsp3) is 0.600. The summed E-state index contributed by atoms with van der Waals surface area (Å²) in [4.78, 5) is 0. The highest BCUT2D eigenvalue weighted by Gasteiger charge is 2.31. The molecule has 1 rings (SSSR count). The van der Waals surface area contributed by atoms with E-state index in [0.717, 1.165) is 25.5 Å². The van der Waals surface area contributed by atoms with Crippen LogP contribution in [0.25, 0.3) is 0 Å². The summed E-state index contributed by atoms with van der Waals surface area (Å²) in [6.45, 7) is 5.68. The Kier molecular flexibility index (Phi) is 7.70. The molecule has 0 fully saturated rings. The first-order chi connectivity index (χ1) is 9.90. The number of ether oxygens (including phenoxy) is 1. The second-order valence-corrected chi connectivity index (χ2v) is 5.67. The predicted molar refractivity (Wildman–Crippen MR) is 81.3 cm³/mol. The van der Waals surface area contributed by atoms with Crippen molar-refractivity contribution >= 4 is 15.9 Å². The van der Waals surface area contributed by atoms with E-state index in [1.54, 1.807) is 0 Å². The van der Waals surface area contributed by atoms with Crippen molar-refractivity contribution in [2.45, 2.75) is 38.9 Å². The molecule has 0 heterocycles. The van der Waals surface area contributed by atoms with Crippen molar-refractivity contribution < 1.29 is 17.9 Å². The van der Waals surface area contributed by atoms with Gasteiger partial charge in [-0.2, -0.15) is 13.2 Å². The molecule has 21 heavy (non-hydrogen) atoms. The minimum Gasteiger partial charge on any atom is -0.379 e. The van der Waals surface area contributed by atoms with Gasteiger partial charge in [0.25, 0.3) is 0 Å². The van der Waals surface area contributed by atoms with Crippen LogP contribution in [0.5, 0.6) is 0 Å². The van der Waals surface area contributed by atoms with Crippen molar-refractivity contribution in [2.75, 3.05) is 19.8 Å². The fourth-order valence-corrected chi connectivity index (χ4v) is 2.43. The summed E-state index contributed by atoms with van der Waals surface area (Å²) < 4.78 is 44.7. The van der Waals surface area contributed by atoms with E-state index in [1.807, 2.05) is 13.8 Å². The van der Waals surface area contributed by atoms with Gasteiger partial charge >= 0.3 is 6.18 Å². The molecule has 1 aromatic carbocycles. The quantitative estimate of drug-likeness (QED) is 0.657. The van der Waals surface area contributed by atoms with Crippen LogP contribution < -0.4 is 5.32 Å². The maximum Gasteiger partial charge on any atom is 0.416 e. The Morgan fingerprint density at radius 3 is 2.52 bits per heavy atom. The van der Waals surface area contributed by atoms with Gasteiger partial charge in [-0.3, -0.25) is 0 Å². The number of halogens is 4. The van der Waals surface area contributed by atoms with Crippen LogP contribution in [0, 0.1) is 0 Å². The van der Waals surface area contributed by atoms with Crippen LogP contribution in [0.1, 0.15) is 43.9 Å². The second-order valence-electron chi connectivity index (χ2n) is 4.82. The molecule has 120 valence electrons. The minimum atomic E-state index is -4.34. The number of alkyl halides is 3.